The molecule has 3 aromatic heterocycles. The number of hydrogen-bond donors (Lipinski definition) is 1. The van der Waals surface area contributed by atoms with Gasteiger partial charge in [0.1, 0.15) is 5.52 Å². The van der Waals surface area contributed by atoms with Crippen molar-refractivity contribution in [1.82, 2.24) is 24.7 Å². The number of hydrogen-bond acceptors (Lipinski definition) is 7. The molecule has 3 rings (SSSR count). The number of imidazole rings is 1. The van der Waals surface area contributed by atoms with Gasteiger partial charge in [0.2, 0.25) is 11.8 Å². The average molecular weight is 344 g/mol. The number of aryl methyl sites for hydroxylation is 2. The van der Waals surface area contributed by atoms with E-state index in [1.165, 1.54) is 12.3 Å². The summed E-state index contributed by atoms with van der Waals surface area (Å²) >= 11 is 0. The summed E-state index contributed by atoms with van der Waals surface area (Å²) in [5.74, 6) is 0.856. The van der Waals surface area contributed by atoms with Crippen LogP contribution in [0, 0.1) is 0 Å². The fraction of sp³-hybridized carbons (Fsp3) is 0.438. The average Bonchev–Trinajstić information content (AvgIpc) is 3.18. The summed E-state index contributed by atoms with van der Waals surface area (Å²) in [6, 6.07) is 1.53. The highest BCUT2D eigenvalue weighted by Gasteiger charge is 2.18. The highest BCUT2D eigenvalue weighted by molar-refractivity contribution is 5.91. The molecule has 0 saturated carbocycles. The van der Waals surface area contributed by atoms with Crippen molar-refractivity contribution in [3.05, 3.63) is 29.5 Å². The minimum atomic E-state index is -1.02. The first kappa shape index (κ1) is 16.9. The Kier molecular flexibility index (Phi) is 4.64. The fourth-order valence-electron chi connectivity index (χ4n) is 2.65. The molecule has 0 aliphatic carbocycles. The van der Waals surface area contributed by atoms with Gasteiger partial charge in [-0.05, 0) is 19.4 Å². The van der Waals surface area contributed by atoms with E-state index in [1.807, 2.05) is 23.4 Å². The quantitative estimate of drug-likeness (QED) is 0.694. The van der Waals surface area contributed by atoms with Gasteiger partial charge in [0, 0.05) is 26.2 Å². The van der Waals surface area contributed by atoms with Crippen molar-refractivity contribution in [1.29, 1.82) is 0 Å². The van der Waals surface area contributed by atoms with Gasteiger partial charge in [-0.25, -0.2) is 14.8 Å². The maximum Gasteiger partial charge on any atom is 0.337 e. The zero-order chi connectivity index (χ0) is 18.0. The van der Waals surface area contributed by atoms with Gasteiger partial charge in [0.15, 0.2) is 11.5 Å². The van der Waals surface area contributed by atoms with E-state index in [2.05, 4.69) is 27.0 Å². The third kappa shape index (κ3) is 3.30. The Morgan fingerprint density at radius 1 is 1.36 bits per heavy atom. The summed E-state index contributed by atoms with van der Waals surface area (Å²) in [6.45, 7) is 5.10. The smallest absolute Gasteiger partial charge is 0.337 e. The summed E-state index contributed by atoms with van der Waals surface area (Å²) in [6.07, 6.45) is 3.08. The van der Waals surface area contributed by atoms with Crippen LogP contribution in [0.2, 0.25) is 0 Å². The second-order valence-corrected chi connectivity index (χ2v) is 5.74. The van der Waals surface area contributed by atoms with Crippen molar-refractivity contribution in [2.24, 2.45) is 0 Å². The monoisotopic (exact) mass is 344 g/mol. The first-order valence-electron chi connectivity index (χ1n) is 8.15. The maximum atomic E-state index is 11.1. The summed E-state index contributed by atoms with van der Waals surface area (Å²) in [5.41, 5.74) is 1.30. The highest BCUT2D eigenvalue weighted by Crippen LogP contribution is 2.22. The van der Waals surface area contributed by atoms with Crippen LogP contribution in [0.4, 0.5) is 5.95 Å². The standard InChI is InChI=1S/C16H20N6O3/c1-4-6-12-19-13(25-20-12)9-21(3)16-18-11-7-10(15(23)24)8-17-14(11)22(16)5-2/h7-8H,4-6,9H2,1-3H3,(H,23,24). The minimum absolute atomic E-state index is 0.114. The van der Waals surface area contributed by atoms with E-state index in [0.717, 1.165) is 12.8 Å². The number of aromatic nitrogens is 5. The van der Waals surface area contributed by atoms with Crippen molar-refractivity contribution in [2.75, 3.05) is 11.9 Å². The first-order valence-corrected chi connectivity index (χ1v) is 8.15. The van der Waals surface area contributed by atoms with E-state index in [4.69, 9.17) is 9.63 Å². The molecule has 0 spiro atoms. The van der Waals surface area contributed by atoms with E-state index in [1.54, 1.807) is 0 Å². The number of fused-ring (bicyclic) bond motifs is 1. The molecule has 3 heterocycles. The van der Waals surface area contributed by atoms with Gasteiger partial charge in [-0.15, -0.1) is 0 Å². The molecule has 9 heteroatoms. The highest BCUT2D eigenvalue weighted by atomic mass is 16.5. The van der Waals surface area contributed by atoms with Crippen LogP contribution in [0.15, 0.2) is 16.8 Å². The molecule has 0 aliphatic heterocycles. The van der Waals surface area contributed by atoms with Crippen LogP contribution >= 0.6 is 0 Å². The molecule has 0 bridgehead atoms. The zero-order valence-corrected chi connectivity index (χ0v) is 14.4. The number of pyridine rings is 1. The molecule has 0 aliphatic rings. The number of anilines is 1. The summed E-state index contributed by atoms with van der Waals surface area (Å²) in [7, 11) is 1.87. The van der Waals surface area contributed by atoms with E-state index in [9.17, 15) is 4.79 Å². The van der Waals surface area contributed by atoms with Crippen LogP contribution in [-0.2, 0) is 19.5 Å². The lowest BCUT2D eigenvalue weighted by atomic mass is 10.3. The molecule has 9 nitrogen and oxygen atoms in total. The maximum absolute atomic E-state index is 11.1. The molecule has 1 N–H and O–H groups in total. The number of carboxylic acids is 1. The summed E-state index contributed by atoms with van der Waals surface area (Å²) < 4.78 is 7.20. The number of carbonyl (C=O) groups is 1. The van der Waals surface area contributed by atoms with Crippen LogP contribution in [-0.4, -0.2) is 42.8 Å². The van der Waals surface area contributed by atoms with Crippen molar-refractivity contribution < 1.29 is 14.4 Å². The van der Waals surface area contributed by atoms with E-state index < -0.39 is 5.97 Å². The van der Waals surface area contributed by atoms with E-state index >= 15 is 0 Å². The second kappa shape index (κ2) is 6.88. The lowest BCUT2D eigenvalue weighted by molar-refractivity contribution is 0.0696. The lowest BCUT2D eigenvalue weighted by Gasteiger charge is -2.16. The third-order valence-corrected chi connectivity index (χ3v) is 3.83. The SMILES string of the molecule is CCCc1noc(CN(C)c2nc3cc(C(=O)O)cnc3n2CC)n1. The molecule has 0 aromatic carbocycles. The number of nitrogens with zero attached hydrogens (tertiary/aromatic N) is 6. The van der Waals surface area contributed by atoms with Gasteiger partial charge < -0.3 is 14.5 Å². The molecule has 0 atom stereocenters. The predicted octanol–water partition coefficient (Wildman–Crippen LogP) is 2.12. The molecule has 0 saturated heterocycles. The Morgan fingerprint density at radius 3 is 2.84 bits per heavy atom. The number of carboxylic acid groups (broad SMARTS) is 1. The Hall–Kier alpha value is -2.97. The summed E-state index contributed by atoms with van der Waals surface area (Å²) in [4.78, 5) is 26.2. The van der Waals surface area contributed by atoms with Crippen LogP contribution in [0.25, 0.3) is 11.2 Å². The zero-order valence-electron chi connectivity index (χ0n) is 14.4. The number of rotatable bonds is 7. The van der Waals surface area contributed by atoms with Crippen molar-refractivity contribution in [2.45, 2.75) is 39.8 Å². The van der Waals surface area contributed by atoms with Crippen LogP contribution < -0.4 is 4.90 Å². The first-order chi connectivity index (χ1) is 12.0. The molecular formula is C16H20N6O3. The van der Waals surface area contributed by atoms with Gasteiger partial charge in [-0.1, -0.05) is 12.1 Å². The van der Waals surface area contributed by atoms with Crippen molar-refractivity contribution in [3.63, 3.8) is 0 Å². The van der Waals surface area contributed by atoms with Crippen molar-refractivity contribution >= 4 is 23.1 Å². The largest absolute Gasteiger partial charge is 0.478 e. The topological polar surface area (TPSA) is 110 Å². The second-order valence-electron chi connectivity index (χ2n) is 5.74. The van der Waals surface area contributed by atoms with Crippen molar-refractivity contribution in [3.8, 4) is 0 Å². The van der Waals surface area contributed by atoms with Crippen LogP contribution in [0.5, 0.6) is 0 Å². The predicted molar refractivity (Wildman–Crippen MR) is 90.6 cm³/mol. The molecular weight excluding hydrogens is 324 g/mol. The van der Waals surface area contributed by atoms with Crippen LogP contribution in [0.3, 0.4) is 0 Å². The third-order valence-electron chi connectivity index (χ3n) is 3.83. The molecule has 3 aromatic rings. The molecule has 0 unspecified atom stereocenters. The molecule has 0 fully saturated rings. The molecule has 132 valence electrons. The van der Waals surface area contributed by atoms with Crippen LogP contribution in [0.1, 0.15) is 42.3 Å². The van der Waals surface area contributed by atoms with Gasteiger partial charge in [0.05, 0.1) is 12.1 Å². The normalized spacial score (nSPS) is 11.2. The van der Waals surface area contributed by atoms with Gasteiger partial charge >= 0.3 is 5.97 Å². The minimum Gasteiger partial charge on any atom is -0.478 e. The van der Waals surface area contributed by atoms with Gasteiger partial charge in [0.25, 0.3) is 0 Å². The summed E-state index contributed by atoms with van der Waals surface area (Å²) in [5, 5.41) is 13.1. The molecule has 0 amide bonds. The Labute approximate surface area is 144 Å². The number of aromatic carboxylic acids is 1. The van der Waals surface area contributed by atoms with E-state index in [0.29, 0.717) is 41.9 Å². The Balaban J connectivity index is 1.91. The molecule has 25 heavy (non-hydrogen) atoms. The fourth-order valence-corrected chi connectivity index (χ4v) is 2.65. The van der Waals surface area contributed by atoms with Gasteiger partial charge in [-0.2, -0.15) is 4.98 Å². The Morgan fingerprint density at radius 2 is 2.16 bits per heavy atom. The Bertz CT molecular complexity index is 901. The molecule has 0 radical (unpaired) electrons. The van der Waals surface area contributed by atoms with Gasteiger partial charge in [-0.3, -0.25) is 4.57 Å². The van der Waals surface area contributed by atoms with E-state index in [-0.39, 0.29) is 5.56 Å². The lowest BCUT2D eigenvalue weighted by Crippen LogP contribution is -2.21.